The summed E-state index contributed by atoms with van der Waals surface area (Å²) in [6.07, 6.45) is 61.4. The van der Waals surface area contributed by atoms with Crippen LogP contribution in [0, 0.1) is 0 Å². The monoisotopic (exact) mass is 1200 g/mol. The van der Waals surface area contributed by atoms with Crippen LogP contribution in [0.3, 0.4) is 0 Å². The van der Waals surface area contributed by atoms with Gasteiger partial charge in [0.25, 0.3) is 0 Å². The summed E-state index contributed by atoms with van der Waals surface area (Å²) < 4.78 is 22.8. The number of aliphatic hydroxyl groups is 8. The summed E-state index contributed by atoms with van der Waals surface area (Å²) in [6, 6.07) is -0.959. The van der Waals surface area contributed by atoms with Gasteiger partial charge in [-0.25, -0.2) is 0 Å². The minimum absolute atomic E-state index is 0.227. The molecule has 0 spiro atoms. The number of amides is 1. The number of carbonyl (C=O) groups excluding carboxylic acids is 1. The van der Waals surface area contributed by atoms with Crippen molar-refractivity contribution in [2.45, 2.75) is 312 Å². The number of hydrogen-bond donors (Lipinski definition) is 9. The Kier molecular flexibility index (Phi) is 50.1. The van der Waals surface area contributed by atoms with Crippen molar-refractivity contribution in [3.63, 3.8) is 0 Å². The fraction of sp³-hybridized carbons (Fsp3) is 0.732. The molecule has 12 unspecified atom stereocenters. The number of unbranched alkanes of at least 4 members (excludes halogenated alkanes) is 24. The lowest BCUT2D eigenvalue weighted by atomic mass is 9.97. The Morgan fingerprint density at radius 2 is 0.824 bits per heavy atom. The third-order valence-electron chi connectivity index (χ3n) is 15.7. The largest absolute Gasteiger partial charge is 0.394 e. The maximum atomic E-state index is 13.3. The highest BCUT2D eigenvalue weighted by molar-refractivity contribution is 5.76. The van der Waals surface area contributed by atoms with Gasteiger partial charge in [0.2, 0.25) is 5.91 Å². The van der Waals surface area contributed by atoms with Crippen LogP contribution >= 0.6 is 0 Å². The van der Waals surface area contributed by atoms with Crippen LogP contribution in [0.25, 0.3) is 0 Å². The summed E-state index contributed by atoms with van der Waals surface area (Å²) >= 11 is 0. The molecule has 0 aromatic heterocycles. The van der Waals surface area contributed by atoms with Gasteiger partial charge in [0, 0.05) is 6.42 Å². The summed E-state index contributed by atoms with van der Waals surface area (Å²) in [4.78, 5) is 13.3. The molecule has 0 aliphatic carbocycles. The standard InChI is InChI=1S/C71H121NO13/c1-3-5-7-9-11-13-15-17-19-21-23-25-27-29-31-32-34-36-38-40-42-44-46-48-50-52-54-60(75)59(58-82-70-68(81)66(79)69(62(57-74)84-70)85-71-67(80)65(78)64(77)61(56-73)83-71)72-63(76)55-53-51-49-47-45-43-41-39-37-35-33-30-28-26-24-22-20-18-16-14-12-10-8-6-4-2/h6,8,12,14,18,20,24,26,30,33,37,39,43-46,52,54,59-62,64-71,73-75,77-81H,3-5,7,9-11,13,15-17,19,21-23,25,27-29,31-32,34-36,38,40-42,47-51,53,55-58H2,1-2H3,(H,72,76)/b8-6-,14-12-,20-18-,26-24-,33-30-,39-37-,45-43-,46-44+,54-52+. The van der Waals surface area contributed by atoms with E-state index in [0.29, 0.717) is 12.8 Å². The quantitative estimate of drug-likeness (QED) is 0.0204. The van der Waals surface area contributed by atoms with E-state index in [2.05, 4.69) is 116 Å². The van der Waals surface area contributed by atoms with Crippen molar-refractivity contribution in [1.82, 2.24) is 5.32 Å². The Morgan fingerprint density at radius 3 is 1.29 bits per heavy atom. The predicted molar refractivity (Wildman–Crippen MR) is 345 cm³/mol. The molecule has 12 atom stereocenters. The minimum Gasteiger partial charge on any atom is -0.394 e. The van der Waals surface area contributed by atoms with Crippen LogP contribution in [0.4, 0.5) is 0 Å². The number of ether oxygens (including phenoxy) is 4. The Bertz CT molecular complexity index is 1840. The summed E-state index contributed by atoms with van der Waals surface area (Å²) in [5.74, 6) is -0.284. The van der Waals surface area contributed by atoms with E-state index in [0.717, 1.165) is 77.0 Å². The average molecular weight is 1200 g/mol. The summed E-state index contributed by atoms with van der Waals surface area (Å²) in [5, 5.41) is 87.3. The van der Waals surface area contributed by atoms with Crippen LogP contribution in [-0.4, -0.2) is 140 Å². The van der Waals surface area contributed by atoms with E-state index < -0.39 is 86.8 Å². The summed E-state index contributed by atoms with van der Waals surface area (Å²) in [7, 11) is 0. The second-order valence-corrected chi connectivity index (χ2v) is 23.2. The first-order chi connectivity index (χ1) is 41.6. The second kappa shape index (κ2) is 54.8. The van der Waals surface area contributed by atoms with Gasteiger partial charge in [-0.2, -0.15) is 0 Å². The fourth-order valence-electron chi connectivity index (χ4n) is 10.3. The molecule has 0 bridgehead atoms. The molecule has 2 heterocycles. The average Bonchev–Trinajstić information content (AvgIpc) is 3.29. The number of allylic oxidation sites excluding steroid dienone is 17. The lowest BCUT2D eigenvalue weighted by Gasteiger charge is -2.46. The Morgan fingerprint density at radius 1 is 0.435 bits per heavy atom. The molecule has 14 nitrogen and oxygen atoms in total. The molecule has 0 saturated carbocycles. The molecule has 0 aromatic carbocycles. The molecule has 2 fully saturated rings. The van der Waals surface area contributed by atoms with Crippen molar-refractivity contribution >= 4 is 5.91 Å². The molecule has 0 aromatic rings. The first-order valence-electron chi connectivity index (χ1n) is 33.6. The third kappa shape index (κ3) is 39.3. The molecule has 2 aliphatic heterocycles. The molecule has 2 saturated heterocycles. The smallest absolute Gasteiger partial charge is 0.220 e. The van der Waals surface area contributed by atoms with E-state index in [1.54, 1.807) is 6.08 Å². The van der Waals surface area contributed by atoms with Gasteiger partial charge >= 0.3 is 0 Å². The molecular weight excluding hydrogens is 1070 g/mol. The highest BCUT2D eigenvalue weighted by Crippen LogP contribution is 2.30. The number of rotatable bonds is 53. The van der Waals surface area contributed by atoms with Crippen LogP contribution in [0.5, 0.6) is 0 Å². The zero-order chi connectivity index (χ0) is 61.6. The van der Waals surface area contributed by atoms with Gasteiger partial charge in [0.05, 0.1) is 32.0 Å². The Hall–Kier alpha value is -3.35. The number of nitrogens with one attached hydrogen (secondary N) is 1. The molecule has 0 radical (unpaired) electrons. The molecule has 14 heteroatoms. The summed E-state index contributed by atoms with van der Waals surface area (Å²) in [5.41, 5.74) is 0. The van der Waals surface area contributed by atoms with Gasteiger partial charge in [-0.3, -0.25) is 4.79 Å². The maximum absolute atomic E-state index is 13.3. The molecule has 488 valence electrons. The van der Waals surface area contributed by atoms with Gasteiger partial charge in [0.1, 0.15) is 48.8 Å². The van der Waals surface area contributed by atoms with Crippen molar-refractivity contribution in [3.8, 4) is 0 Å². The van der Waals surface area contributed by atoms with Gasteiger partial charge in [0.15, 0.2) is 12.6 Å². The van der Waals surface area contributed by atoms with Crippen molar-refractivity contribution in [1.29, 1.82) is 0 Å². The van der Waals surface area contributed by atoms with E-state index in [4.69, 9.17) is 18.9 Å². The SMILES string of the molecule is CC/C=C\C/C=C\C/C=C\C/C=C\C/C=C\C/C=C\C/C=C\CCCCCC(=O)NC(COC1OC(CO)C(OC2OC(CO)C(O)C(O)C2O)C(O)C1O)C(O)/C=C/CC/C=C/CCCCCCCCCCCCCCCCCCCCCC. The van der Waals surface area contributed by atoms with Gasteiger partial charge in [-0.05, 0) is 89.9 Å². The Balaban J connectivity index is 1.76. The molecule has 85 heavy (non-hydrogen) atoms. The second-order valence-electron chi connectivity index (χ2n) is 23.2. The lowest BCUT2D eigenvalue weighted by molar-refractivity contribution is -0.359. The zero-order valence-corrected chi connectivity index (χ0v) is 52.8. The first kappa shape index (κ1) is 77.7. The predicted octanol–water partition coefficient (Wildman–Crippen LogP) is 13.2. The highest BCUT2D eigenvalue weighted by atomic mass is 16.7. The van der Waals surface area contributed by atoms with Crippen LogP contribution in [-0.2, 0) is 23.7 Å². The minimum atomic E-state index is -1.80. The van der Waals surface area contributed by atoms with E-state index in [9.17, 15) is 45.6 Å². The van der Waals surface area contributed by atoms with Gasteiger partial charge in [-0.15, -0.1) is 0 Å². The first-order valence-corrected chi connectivity index (χ1v) is 33.6. The maximum Gasteiger partial charge on any atom is 0.220 e. The van der Waals surface area contributed by atoms with Gasteiger partial charge < -0.3 is 65.1 Å². The van der Waals surface area contributed by atoms with Crippen molar-refractivity contribution < 1.29 is 64.6 Å². The van der Waals surface area contributed by atoms with Crippen molar-refractivity contribution in [3.05, 3.63) is 109 Å². The number of hydrogen-bond acceptors (Lipinski definition) is 13. The number of aliphatic hydroxyl groups excluding tert-OH is 8. The van der Waals surface area contributed by atoms with Crippen LogP contribution in [0.1, 0.15) is 239 Å². The van der Waals surface area contributed by atoms with Crippen molar-refractivity contribution in [2.24, 2.45) is 0 Å². The fourth-order valence-corrected chi connectivity index (χ4v) is 10.3. The van der Waals surface area contributed by atoms with Crippen LogP contribution in [0.15, 0.2) is 109 Å². The topological polar surface area (TPSA) is 228 Å². The summed E-state index contributed by atoms with van der Waals surface area (Å²) in [6.45, 7) is 2.65. The van der Waals surface area contributed by atoms with Crippen LogP contribution < -0.4 is 5.32 Å². The molecule has 2 rings (SSSR count). The Labute approximate surface area is 515 Å². The molecule has 1 amide bonds. The molecule has 2 aliphatic rings. The van der Waals surface area contributed by atoms with E-state index in [1.807, 2.05) is 6.08 Å². The van der Waals surface area contributed by atoms with Crippen molar-refractivity contribution in [2.75, 3.05) is 19.8 Å². The highest BCUT2D eigenvalue weighted by Gasteiger charge is 2.51. The normalized spacial score (nSPS) is 24.3. The zero-order valence-electron chi connectivity index (χ0n) is 52.8. The lowest BCUT2D eigenvalue weighted by Crippen LogP contribution is -2.65. The number of carbonyl (C=O) groups is 1. The molecular formula is C71H121NO13. The van der Waals surface area contributed by atoms with Gasteiger partial charge in [-0.1, -0.05) is 252 Å². The van der Waals surface area contributed by atoms with E-state index >= 15 is 0 Å². The third-order valence-corrected chi connectivity index (χ3v) is 15.7. The van der Waals surface area contributed by atoms with E-state index in [-0.39, 0.29) is 18.9 Å². The molecule has 9 N–H and O–H groups in total. The van der Waals surface area contributed by atoms with Crippen LogP contribution in [0.2, 0.25) is 0 Å². The van der Waals surface area contributed by atoms with E-state index in [1.165, 1.54) is 128 Å².